The molecule has 0 aromatic heterocycles. The molecule has 0 aromatic carbocycles. The molecule has 15 heavy (non-hydrogen) atoms. The van der Waals surface area contributed by atoms with Gasteiger partial charge in [-0.15, -0.1) is 0 Å². The van der Waals surface area contributed by atoms with E-state index < -0.39 is 0 Å². The molecule has 2 aliphatic rings. The summed E-state index contributed by atoms with van der Waals surface area (Å²) >= 11 is 0. The van der Waals surface area contributed by atoms with Crippen LogP contribution >= 0.6 is 0 Å². The standard InChI is InChI=1S/C13H25NO/c1-10(8-11-6-7-11)14-12-4-3-5-13(9-12)15-2/h10-14H,3-9H2,1-2H3. The van der Waals surface area contributed by atoms with Gasteiger partial charge in [0.05, 0.1) is 6.10 Å². The molecule has 88 valence electrons. The molecular formula is C13H25NO. The number of nitrogens with one attached hydrogen (secondary N) is 1. The summed E-state index contributed by atoms with van der Waals surface area (Å²) in [6.45, 7) is 2.34. The minimum absolute atomic E-state index is 0.504. The summed E-state index contributed by atoms with van der Waals surface area (Å²) in [6, 6.07) is 1.41. The van der Waals surface area contributed by atoms with Crippen molar-refractivity contribution in [1.82, 2.24) is 5.32 Å². The highest BCUT2D eigenvalue weighted by Gasteiger charge is 2.26. The average molecular weight is 211 g/mol. The number of ether oxygens (including phenoxy) is 1. The van der Waals surface area contributed by atoms with Gasteiger partial charge in [-0.25, -0.2) is 0 Å². The Hall–Kier alpha value is -0.0800. The summed E-state index contributed by atoms with van der Waals surface area (Å²) < 4.78 is 5.46. The Labute approximate surface area is 93.8 Å². The Morgan fingerprint density at radius 1 is 1.27 bits per heavy atom. The number of hydrogen-bond donors (Lipinski definition) is 1. The number of hydrogen-bond acceptors (Lipinski definition) is 2. The first-order valence-electron chi connectivity index (χ1n) is 6.56. The largest absolute Gasteiger partial charge is 0.381 e. The van der Waals surface area contributed by atoms with Crippen LogP contribution in [-0.4, -0.2) is 25.3 Å². The Bertz CT molecular complexity index is 191. The lowest BCUT2D eigenvalue weighted by Gasteiger charge is -2.31. The predicted octanol–water partition coefficient (Wildman–Crippen LogP) is 2.72. The minimum Gasteiger partial charge on any atom is -0.381 e. The molecule has 2 saturated carbocycles. The summed E-state index contributed by atoms with van der Waals surface area (Å²) in [5, 5.41) is 3.77. The highest BCUT2D eigenvalue weighted by Crippen LogP contribution is 2.33. The van der Waals surface area contributed by atoms with Crippen molar-refractivity contribution in [3.63, 3.8) is 0 Å². The molecule has 0 radical (unpaired) electrons. The topological polar surface area (TPSA) is 21.3 Å². The van der Waals surface area contributed by atoms with Crippen LogP contribution in [0.1, 0.15) is 51.9 Å². The third-order valence-electron chi connectivity index (χ3n) is 3.86. The molecule has 0 saturated heterocycles. The second kappa shape index (κ2) is 5.31. The van der Waals surface area contributed by atoms with E-state index in [1.54, 1.807) is 0 Å². The molecule has 2 aliphatic carbocycles. The van der Waals surface area contributed by atoms with Gasteiger partial charge in [-0.3, -0.25) is 0 Å². The van der Waals surface area contributed by atoms with Crippen LogP contribution in [0.25, 0.3) is 0 Å². The molecule has 2 rings (SSSR count). The van der Waals surface area contributed by atoms with E-state index in [-0.39, 0.29) is 0 Å². The fourth-order valence-corrected chi connectivity index (χ4v) is 2.83. The van der Waals surface area contributed by atoms with Gasteiger partial charge < -0.3 is 10.1 Å². The Kier molecular flexibility index (Phi) is 4.04. The quantitative estimate of drug-likeness (QED) is 0.755. The molecule has 0 spiro atoms. The molecule has 3 unspecified atom stereocenters. The van der Waals surface area contributed by atoms with Crippen molar-refractivity contribution < 1.29 is 4.74 Å². The summed E-state index contributed by atoms with van der Waals surface area (Å²) in [5.74, 6) is 1.04. The van der Waals surface area contributed by atoms with E-state index in [0.717, 1.165) is 5.92 Å². The van der Waals surface area contributed by atoms with Gasteiger partial charge in [0.15, 0.2) is 0 Å². The zero-order valence-electron chi connectivity index (χ0n) is 10.2. The van der Waals surface area contributed by atoms with Gasteiger partial charge in [0.1, 0.15) is 0 Å². The summed E-state index contributed by atoms with van der Waals surface area (Å²) in [7, 11) is 1.85. The van der Waals surface area contributed by atoms with Crippen molar-refractivity contribution in [3.05, 3.63) is 0 Å². The molecule has 3 atom stereocenters. The van der Waals surface area contributed by atoms with Gasteiger partial charge in [0.2, 0.25) is 0 Å². The van der Waals surface area contributed by atoms with Gasteiger partial charge >= 0.3 is 0 Å². The fourth-order valence-electron chi connectivity index (χ4n) is 2.83. The maximum atomic E-state index is 5.46. The minimum atomic E-state index is 0.504. The Morgan fingerprint density at radius 2 is 2.07 bits per heavy atom. The second-order valence-corrected chi connectivity index (χ2v) is 5.47. The number of rotatable bonds is 5. The lowest BCUT2D eigenvalue weighted by Crippen LogP contribution is -2.41. The van der Waals surface area contributed by atoms with Crippen molar-refractivity contribution in [3.8, 4) is 0 Å². The Morgan fingerprint density at radius 3 is 2.73 bits per heavy atom. The van der Waals surface area contributed by atoms with Crippen LogP contribution in [0.2, 0.25) is 0 Å². The van der Waals surface area contributed by atoms with Gasteiger partial charge in [-0.2, -0.15) is 0 Å². The van der Waals surface area contributed by atoms with Gasteiger partial charge in [-0.05, 0) is 44.9 Å². The first-order chi connectivity index (χ1) is 7.28. The second-order valence-electron chi connectivity index (χ2n) is 5.47. The van der Waals surface area contributed by atoms with E-state index in [9.17, 15) is 0 Å². The van der Waals surface area contributed by atoms with E-state index in [2.05, 4.69) is 12.2 Å². The van der Waals surface area contributed by atoms with Crippen molar-refractivity contribution in [2.45, 2.75) is 70.1 Å². The van der Waals surface area contributed by atoms with Crippen LogP contribution in [0.15, 0.2) is 0 Å². The predicted molar refractivity (Wildman–Crippen MR) is 63.0 cm³/mol. The van der Waals surface area contributed by atoms with E-state index in [1.165, 1.54) is 44.9 Å². The smallest absolute Gasteiger partial charge is 0.0586 e. The highest BCUT2D eigenvalue weighted by molar-refractivity contribution is 4.83. The lowest BCUT2D eigenvalue weighted by atomic mass is 9.92. The fraction of sp³-hybridized carbons (Fsp3) is 1.00. The highest BCUT2D eigenvalue weighted by atomic mass is 16.5. The van der Waals surface area contributed by atoms with Crippen molar-refractivity contribution >= 4 is 0 Å². The monoisotopic (exact) mass is 211 g/mol. The molecule has 2 fully saturated rings. The molecule has 0 bridgehead atoms. The molecule has 0 amide bonds. The van der Waals surface area contributed by atoms with Crippen molar-refractivity contribution in [2.75, 3.05) is 7.11 Å². The van der Waals surface area contributed by atoms with Crippen LogP contribution in [0.4, 0.5) is 0 Å². The van der Waals surface area contributed by atoms with E-state index in [4.69, 9.17) is 4.74 Å². The number of methoxy groups -OCH3 is 1. The lowest BCUT2D eigenvalue weighted by molar-refractivity contribution is 0.0570. The average Bonchev–Trinajstić information content (AvgIpc) is 3.02. The Balaban J connectivity index is 1.67. The maximum absolute atomic E-state index is 5.46. The van der Waals surface area contributed by atoms with Gasteiger partial charge in [0.25, 0.3) is 0 Å². The molecule has 1 N–H and O–H groups in total. The summed E-state index contributed by atoms with van der Waals surface area (Å²) in [4.78, 5) is 0. The SMILES string of the molecule is COC1CCCC(NC(C)CC2CC2)C1. The van der Waals surface area contributed by atoms with Crippen LogP contribution in [0.5, 0.6) is 0 Å². The van der Waals surface area contributed by atoms with E-state index >= 15 is 0 Å². The molecule has 0 heterocycles. The molecule has 2 heteroatoms. The molecule has 0 aromatic rings. The zero-order valence-corrected chi connectivity index (χ0v) is 10.2. The van der Waals surface area contributed by atoms with Crippen LogP contribution in [-0.2, 0) is 4.74 Å². The van der Waals surface area contributed by atoms with Gasteiger partial charge in [0, 0.05) is 19.2 Å². The summed E-state index contributed by atoms with van der Waals surface area (Å²) in [5.41, 5.74) is 0. The third kappa shape index (κ3) is 3.76. The van der Waals surface area contributed by atoms with Crippen molar-refractivity contribution in [1.29, 1.82) is 0 Å². The van der Waals surface area contributed by atoms with Gasteiger partial charge in [-0.1, -0.05) is 12.8 Å². The van der Waals surface area contributed by atoms with Crippen LogP contribution in [0.3, 0.4) is 0 Å². The third-order valence-corrected chi connectivity index (χ3v) is 3.86. The molecular weight excluding hydrogens is 186 g/mol. The molecule has 2 nitrogen and oxygen atoms in total. The van der Waals surface area contributed by atoms with E-state index in [0.29, 0.717) is 18.2 Å². The van der Waals surface area contributed by atoms with Crippen LogP contribution < -0.4 is 5.32 Å². The first kappa shape index (κ1) is 11.4. The summed E-state index contributed by atoms with van der Waals surface area (Å²) in [6.07, 6.45) is 9.96. The molecule has 0 aliphatic heterocycles. The zero-order chi connectivity index (χ0) is 10.7. The normalized spacial score (nSPS) is 34.0. The van der Waals surface area contributed by atoms with Crippen molar-refractivity contribution in [2.24, 2.45) is 5.92 Å². The first-order valence-corrected chi connectivity index (χ1v) is 6.56. The van der Waals surface area contributed by atoms with Crippen LogP contribution in [0, 0.1) is 5.92 Å². The maximum Gasteiger partial charge on any atom is 0.0586 e. The van der Waals surface area contributed by atoms with E-state index in [1.807, 2.05) is 7.11 Å².